The first-order valence-corrected chi connectivity index (χ1v) is 9.91. The van der Waals surface area contributed by atoms with Crippen molar-refractivity contribution in [2.45, 2.75) is 17.7 Å². The topological polar surface area (TPSA) is 122 Å². The van der Waals surface area contributed by atoms with E-state index < -0.39 is 20.9 Å². The lowest BCUT2D eigenvalue weighted by Gasteiger charge is -2.11. The van der Waals surface area contributed by atoms with Crippen LogP contribution in [-0.2, 0) is 10.0 Å². The van der Waals surface area contributed by atoms with Crippen LogP contribution in [0.2, 0.25) is 0 Å². The van der Waals surface area contributed by atoms with Crippen LogP contribution in [0.1, 0.15) is 23.2 Å². The Morgan fingerprint density at radius 1 is 1.21 bits per heavy atom. The van der Waals surface area contributed by atoms with Gasteiger partial charge in [-0.2, -0.15) is 8.42 Å². The first kappa shape index (κ1) is 19.5. The van der Waals surface area contributed by atoms with E-state index in [-0.39, 0.29) is 16.1 Å². The molecule has 0 aromatic heterocycles. The molecule has 1 aliphatic rings. The maximum Gasteiger partial charge on any atom is 0.283 e. The van der Waals surface area contributed by atoms with Gasteiger partial charge in [0.05, 0.1) is 9.82 Å². The van der Waals surface area contributed by atoms with E-state index in [1.165, 1.54) is 48.5 Å². The van der Waals surface area contributed by atoms with Gasteiger partial charge in [0.1, 0.15) is 5.84 Å². The first-order chi connectivity index (χ1) is 13.3. The van der Waals surface area contributed by atoms with Crippen molar-refractivity contribution in [1.82, 2.24) is 4.90 Å². The van der Waals surface area contributed by atoms with Gasteiger partial charge in [-0.3, -0.25) is 14.9 Å². The van der Waals surface area contributed by atoms with E-state index in [1.54, 1.807) is 7.05 Å². The molecule has 146 valence electrons. The number of nitro benzene ring substituents is 1. The van der Waals surface area contributed by atoms with Gasteiger partial charge in [0.15, 0.2) is 0 Å². The molecule has 0 spiro atoms. The number of nitrogens with zero attached hydrogens (tertiary/aromatic N) is 3. The summed E-state index contributed by atoms with van der Waals surface area (Å²) < 4.78 is 28.7. The van der Waals surface area contributed by atoms with Crippen molar-refractivity contribution in [2.24, 2.45) is 4.40 Å². The Hall–Kier alpha value is -3.27. The van der Waals surface area contributed by atoms with Crippen LogP contribution >= 0.6 is 0 Å². The number of nitrogens with one attached hydrogen (secondary N) is 1. The maximum atomic E-state index is 12.4. The summed E-state index contributed by atoms with van der Waals surface area (Å²) in [5.74, 6) is -0.00446. The van der Waals surface area contributed by atoms with Crippen molar-refractivity contribution in [3.63, 3.8) is 0 Å². The van der Waals surface area contributed by atoms with E-state index in [9.17, 15) is 23.3 Å². The largest absolute Gasteiger partial charge is 0.362 e. The molecule has 1 aliphatic heterocycles. The number of carbonyl (C=O) groups is 1. The Morgan fingerprint density at radius 3 is 2.54 bits per heavy atom. The summed E-state index contributed by atoms with van der Waals surface area (Å²) >= 11 is 0. The molecule has 0 unspecified atom stereocenters. The predicted molar refractivity (Wildman–Crippen MR) is 104 cm³/mol. The number of amidine groups is 1. The normalized spacial score (nSPS) is 15.6. The minimum atomic E-state index is -3.83. The third-order valence-corrected chi connectivity index (χ3v) is 5.61. The monoisotopic (exact) mass is 402 g/mol. The molecule has 10 heteroatoms. The van der Waals surface area contributed by atoms with E-state index in [0.717, 1.165) is 13.0 Å². The number of nitro groups is 1. The van der Waals surface area contributed by atoms with Crippen LogP contribution in [0.3, 0.4) is 0 Å². The highest BCUT2D eigenvalue weighted by molar-refractivity contribution is 7.90. The van der Waals surface area contributed by atoms with Crippen molar-refractivity contribution < 1.29 is 18.1 Å². The van der Waals surface area contributed by atoms with Gasteiger partial charge in [-0.15, -0.1) is 4.40 Å². The lowest BCUT2D eigenvalue weighted by Crippen LogP contribution is -2.20. The number of hydrogen-bond donors (Lipinski definition) is 1. The lowest BCUT2D eigenvalue weighted by atomic mass is 10.2. The summed E-state index contributed by atoms with van der Waals surface area (Å²) in [6, 6.07) is 10.9. The van der Waals surface area contributed by atoms with Crippen LogP contribution < -0.4 is 5.32 Å². The van der Waals surface area contributed by atoms with Crippen LogP contribution in [0.15, 0.2) is 57.8 Å². The standard InChI is InChI=1S/C18H18N4O5S/c1-21-11-3-6-17(21)20-28(26,27)16-9-7-14(8-10-16)19-18(23)13-4-2-5-15(12-13)22(24)25/h2,4-5,7-10,12H,3,6,11H2,1H3,(H,19,23)/b20-17-. The molecule has 0 atom stereocenters. The predicted octanol–water partition coefficient (Wildman–Crippen LogP) is 2.66. The fraction of sp³-hybridized carbons (Fsp3) is 0.222. The molecule has 0 radical (unpaired) electrons. The van der Waals surface area contributed by atoms with Crippen molar-refractivity contribution in [2.75, 3.05) is 18.9 Å². The molecule has 9 nitrogen and oxygen atoms in total. The number of likely N-dealkylation sites (tertiary alicyclic amines) is 1. The lowest BCUT2D eigenvalue weighted by molar-refractivity contribution is -0.384. The molecule has 28 heavy (non-hydrogen) atoms. The fourth-order valence-electron chi connectivity index (χ4n) is 2.78. The summed E-state index contributed by atoms with van der Waals surface area (Å²) in [6.07, 6.45) is 1.49. The highest BCUT2D eigenvalue weighted by Crippen LogP contribution is 2.20. The highest BCUT2D eigenvalue weighted by atomic mass is 32.2. The number of carbonyl (C=O) groups excluding carboxylic acids is 1. The molecule has 0 saturated carbocycles. The van der Waals surface area contributed by atoms with Crippen molar-refractivity contribution in [3.8, 4) is 0 Å². The van der Waals surface area contributed by atoms with E-state index in [2.05, 4.69) is 9.71 Å². The van der Waals surface area contributed by atoms with Crippen molar-refractivity contribution in [1.29, 1.82) is 0 Å². The summed E-state index contributed by atoms with van der Waals surface area (Å²) in [6.45, 7) is 0.775. The Labute approximate surface area is 161 Å². The van der Waals surface area contributed by atoms with Gasteiger partial charge in [-0.1, -0.05) is 6.07 Å². The zero-order valence-electron chi connectivity index (χ0n) is 15.0. The van der Waals surface area contributed by atoms with Crippen LogP contribution in [0.4, 0.5) is 11.4 Å². The summed E-state index contributed by atoms with van der Waals surface area (Å²) in [5, 5.41) is 13.4. The third-order valence-electron chi connectivity index (χ3n) is 4.29. The second-order valence-corrected chi connectivity index (χ2v) is 7.90. The Kier molecular flexibility index (Phi) is 5.41. The van der Waals surface area contributed by atoms with Gasteiger partial charge < -0.3 is 10.2 Å². The number of rotatable bonds is 5. The number of hydrogen-bond acceptors (Lipinski definition) is 5. The molecule has 2 aromatic carbocycles. The molecule has 1 heterocycles. The summed E-state index contributed by atoms with van der Waals surface area (Å²) in [4.78, 5) is 24.3. The van der Waals surface area contributed by atoms with Crippen molar-refractivity contribution >= 4 is 33.1 Å². The van der Waals surface area contributed by atoms with E-state index in [0.29, 0.717) is 17.9 Å². The molecule has 1 saturated heterocycles. The van der Waals surface area contributed by atoms with E-state index in [4.69, 9.17) is 0 Å². The Bertz CT molecular complexity index is 1050. The number of anilines is 1. The quantitative estimate of drug-likeness (QED) is 0.606. The fourth-order valence-corrected chi connectivity index (χ4v) is 3.87. The van der Waals surface area contributed by atoms with Crippen LogP contribution in [-0.4, -0.2) is 43.6 Å². The van der Waals surface area contributed by atoms with Crippen LogP contribution in [0.5, 0.6) is 0 Å². The van der Waals surface area contributed by atoms with Crippen LogP contribution in [0.25, 0.3) is 0 Å². The molecule has 1 N–H and O–H groups in total. The Morgan fingerprint density at radius 2 is 1.93 bits per heavy atom. The van der Waals surface area contributed by atoms with Crippen molar-refractivity contribution in [3.05, 3.63) is 64.2 Å². The second kappa shape index (κ2) is 7.77. The summed E-state index contributed by atoms with van der Waals surface area (Å²) in [5.41, 5.74) is 0.299. The van der Waals surface area contributed by atoms with Gasteiger partial charge in [0, 0.05) is 43.4 Å². The number of amides is 1. The zero-order valence-corrected chi connectivity index (χ0v) is 15.8. The third kappa shape index (κ3) is 4.34. The first-order valence-electron chi connectivity index (χ1n) is 8.47. The average Bonchev–Trinajstić information content (AvgIpc) is 3.06. The van der Waals surface area contributed by atoms with Gasteiger partial charge in [-0.25, -0.2) is 0 Å². The molecular weight excluding hydrogens is 384 g/mol. The average molecular weight is 402 g/mol. The zero-order chi connectivity index (χ0) is 20.3. The van der Waals surface area contributed by atoms with Gasteiger partial charge in [0.25, 0.3) is 21.6 Å². The molecule has 1 fully saturated rings. The van der Waals surface area contributed by atoms with Gasteiger partial charge in [-0.05, 0) is 36.8 Å². The maximum absolute atomic E-state index is 12.4. The molecule has 0 bridgehead atoms. The number of benzene rings is 2. The van der Waals surface area contributed by atoms with Crippen LogP contribution in [0, 0.1) is 10.1 Å². The van der Waals surface area contributed by atoms with Gasteiger partial charge in [0.2, 0.25) is 0 Å². The molecule has 0 aliphatic carbocycles. The molecular formula is C18H18N4O5S. The van der Waals surface area contributed by atoms with Gasteiger partial charge >= 0.3 is 0 Å². The van der Waals surface area contributed by atoms with E-state index >= 15 is 0 Å². The number of sulfonamides is 1. The SMILES string of the molecule is CN1CCC/C1=N/S(=O)(=O)c1ccc(NC(=O)c2cccc([N+](=O)[O-])c2)cc1. The second-order valence-electron chi connectivity index (χ2n) is 6.29. The highest BCUT2D eigenvalue weighted by Gasteiger charge is 2.20. The molecule has 2 aromatic rings. The molecule has 3 rings (SSSR count). The van der Waals surface area contributed by atoms with E-state index in [1.807, 2.05) is 4.90 Å². The minimum Gasteiger partial charge on any atom is -0.362 e. The number of non-ortho nitro benzene ring substituents is 1. The smallest absolute Gasteiger partial charge is 0.283 e. The minimum absolute atomic E-state index is 0.0219. The summed E-state index contributed by atoms with van der Waals surface area (Å²) in [7, 11) is -2.03. The molecule has 1 amide bonds. The Balaban J connectivity index is 1.75.